The van der Waals surface area contributed by atoms with Gasteiger partial charge in [0.05, 0.1) is 0 Å². The maximum Gasteiger partial charge on any atom is 0.266 e. The van der Waals surface area contributed by atoms with E-state index in [0.717, 1.165) is 30.5 Å². The molecule has 0 aromatic carbocycles. The Morgan fingerprint density at radius 2 is 2.25 bits per heavy atom. The Hall–Kier alpha value is -1.56. The second-order valence-corrected chi connectivity index (χ2v) is 4.54. The van der Waals surface area contributed by atoms with Gasteiger partial charge in [-0.15, -0.1) is 0 Å². The molecule has 0 saturated carbocycles. The van der Waals surface area contributed by atoms with Crippen LogP contribution in [0, 0.1) is 24.2 Å². The molecular weight excluding hydrogens is 200 g/mol. The Bertz CT molecular complexity index is 508. The zero-order valence-electron chi connectivity index (χ0n) is 9.76. The fourth-order valence-corrected chi connectivity index (χ4v) is 2.58. The van der Waals surface area contributed by atoms with E-state index in [4.69, 9.17) is 5.26 Å². The van der Waals surface area contributed by atoms with Crippen molar-refractivity contribution in [3.8, 4) is 6.07 Å². The van der Waals surface area contributed by atoms with E-state index in [9.17, 15) is 4.79 Å². The molecular formula is C13H16N2O. The molecule has 2 rings (SSSR count). The standard InChI is InChI=1S/C13H16N2O/c1-3-9-4-5-10-11(6-9)8(2)15-13(16)12(10)7-14/h9H,3-6H2,1-2H3,(H,15,16)/t9-/m0/s1. The zero-order valence-corrected chi connectivity index (χ0v) is 9.76. The topological polar surface area (TPSA) is 56.6 Å². The van der Waals surface area contributed by atoms with Crippen LogP contribution in [0.25, 0.3) is 0 Å². The number of aromatic amines is 1. The van der Waals surface area contributed by atoms with Gasteiger partial charge < -0.3 is 4.98 Å². The van der Waals surface area contributed by atoms with E-state index >= 15 is 0 Å². The van der Waals surface area contributed by atoms with Gasteiger partial charge >= 0.3 is 0 Å². The summed E-state index contributed by atoms with van der Waals surface area (Å²) in [5.41, 5.74) is 3.24. The minimum absolute atomic E-state index is 0.228. The van der Waals surface area contributed by atoms with Gasteiger partial charge in [-0.2, -0.15) is 5.26 Å². The minimum atomic E-state index is -0.228. The largest absolute Gasteiger partial charge is 0.325 e. The predicted octanol–water partition coefficient (Wildman–Crippen LogP) is 2.07. The molecule has 0 fully saturated rings. The summed E-state index contributed by atoms with van der Waals surface area (Å²) in [5, 5.41) is 9.02. The second-order valence-electron chi connectivity index (χ2n) is 4.54. The summed E-state index contributed by atoms with van der Waals surface area (Å²) in [6.45, 7) is 4.13. The molecule has 1 aromatic heterocycles. The van der Waals surface area contributed by atoms with Crippen molar-refractivity contribution in [1.82, 2.24) is 4.98 Å². The van der Waals surface area contributed by atoms with Crippen LogP contribution >= 0.6 is 0 Å². The number of nitriles is 1. The average Bonchev–Trinajstić information content (AvgIpc) is 2.29. The summed E-state index contributed by atoms with van der Waals surface area (Å²) in [4.78, 5) is 14.4. The average molecular weight is 216 g/mol. The Morgan fingerprint density at radius 3 is 2.88 bits per heavy atom. The summed E-state index contributed by atoms with van der Waals surface area (Å²) in [5.74, 6) is 0.698. The molecule has 0 aliphatic heterocycles. The second kappa shape index (κ2) is 4.13. The summed E-state index contributed by atoms with van der Waals surface area (Å²) in [6.07, 6.45) is 4.14. The number of fused-ring (bicyclic) bond motifs is 1. The predicted molar refractivity (Wildman–Crippen MR) is 62.3 cm³/mol. The first kappa shape index (κ1) is 10.9. The van der Waals surface area contributed by atoms with E-state index in [0.29, 0.717) is 11.5 Å². The number of hydrogen-bond acceptors (Lipinski definition) is 2. The molecule has 84 valence electrons. The lowest BCUT2D eigenvalue weighted by atomic mass is 9.80. The van der Waals surface area contributed by atoms with Gasteiger partial charge in [0.1, 0.15) is 11.6 Å². The monoisotopic (exact) mass is 216 g/mol. The molecule has 1 aromatic rings. The normalized spacial score (nSPS) is 18.9. The zero-order chi connectivity index (χ0) is 11.7. The van der Waals surface area contributed by atoms with Crippen LogP contribution < -0.4 is 5.56 Å². The van der Waals surface area contributed by atoms with E-state index in [1.165, 1.54) is 12.0 Å². The van der Waals surface area contributed by atoms with Gasteiger partial charge in [-0.1, -0.05) is 13.3 Å². The van der Waals surface area contributed by atoms with Gasteiger partial charge in [-0.3, -0.25) is 4.79 Å². The van der Waals surface area contributed by atoms with Gasteiger partial charge in [0.15, 0.2) is 0 Å². The van der Waals surface area contributed by atoms with Crippen molar-refractivity contribution in [2.75, 3.05) is 0 Å². The highest BCUT2D eigenvalue weighted by Crippen LogP contribution is 2.29. The van der Waals surface area contributed by atoms with E-state index in [2.05, 4.69) is 11.9 Å². The molecule has 1 heterocycles. The number of hydrogen-bond donors (Lipinski definition) is 1. The van der Waals surface area contributed by atoms with Crippen molar-refractivity contribution in [2.24, 2.45) is 5.92 Å². The quantitative estimate of drug-likeness (QED) is 0.781. The third-order valence-corrected chi connectivity index (χ3v) is 3.63. The van der Waals surface area contributed by atoms with E-state index in [1.54, 1.807) is 0 Å². The first-order valence-electron chi connectivity index (χ1n) is 5.82. The molecule has 0 amide bonds. The van der Waals surface area contributed by atoms with Crippen LogP contribution in [-0.2, 0) is 12.8 Å². The number of aromatic nitrogens is 1. The van der Waals surface area contributed by atoms with Crippen LogP contribution in [-0.4, -0.2) is 4.98 Å². The highest BCUT2D eigenvalue weighted by Gasteiger charge is 2.23. The lowest BCUT2D eigenvalue weighted by Crippen LogP contribution is -2.23. The van der Waals surface area contributed by atoms with Gasteiger partial charge in [-0.05, 0) is 43.2 Å². The molecule has 1 atom stereocenters. The van der Waals surface area contributed by atoms with Crippen LogP contribution in [0.2, 0.25) is 0 Å². The Morgan fingerprint density at radius 1 is 1.50 bits per heavy atom. The Kier molecular flexibility index (Phi) is 2.82. The molecule has 0 radical (unpaired) electrons. The van der Waals surface area contributed by atoms with Crippen molar-refractivity contribution in [3.05, 3.63) is 32.7 Å². The molecule has 1 aliphatic carbocycles. The van der Waals surface area contributed by atoms with E-state index < -0.39 is 0 Å². The van der Waals surface area contributed by atoms with Crippen LogP contribution in [0.15, 0.2) is 4.79 Å². The summed E-state index contributed by atoms with van der Waals surface area (Å²) in [7, 11) is 0. The lowest BCUT2D eigenvalue weighted by molar-refractivity contribution is 0.441. The minimum Gasteiger partial charge on any atom is -0.325 e. The molecule has 0 saturated heterocycles. The summed E-state index contributed by atoms with van der Waals surface area (Å²) < 4.78 is 0. The van der Waals surface area contributed by atoms with Gasteiger partial charge in [0.25, 0.3) is 5.56 Å². The highest BCUT2D eigenvalue weighted by atomic mass is 16.1. The lowest BCUT2D eigenvalue weighted by Gasteiger charge is -2.25. The fraction of sp³-hybridized carbons (Fsp3) is 0.538. The maximum atomic E-state index is 11.6. The van der Waals surface area contributed by atoms with Crippen molar-refractivity contribution in [1.29, 1.82) is 5.26 Å². The molecule has 3 heteroatoms. The van der Waals surface area contributed by atoms with E-state index in [1.807, 2.05) is 13.0 Å². The van der Waals surface area contributed by atoms with Crippen LogP contribution in [0.4, 0.5) is 0 Å². The van der Waals surface area contributed by atoms with Crippen LogP contribution in [0.3, 0.4) is 0 Å². The number of aryl methyl sites for hydroxylation is 1. The van der Waals surface area contributed by atoms with Crippen LogP contribution in [0.1, 0.15) is 42.1 Å². The van der Waals surface area contributed by atoms with Crippen LogP contribution in [0.5, 0.6) is 0 Å². The van der Waals surface area contributed by atoms with Crippen molar-refractivity contribution >= 4 is 0 Å². The van der Waals surface area contributed by atoms with E-state index in [-0.39, 0.29) is 5.56 Å². The number of pyridine rings is 1. The highest BCUT2D eigenvalue weighted by molar-refractivity contribution is 5.44. The number of nitrogens with zero attached hydrogens (tertiary/aromatic N) is 1. The number of H-pyrrole nitrogens is 1. The summed E-state index contributed by atoms with van der Waals surface area (Å²) >= 11 is 0. The van der Waals surface area contributed by atoms with Crippen molar-refractivity contribution in [2.45, 2.75) is 39.5 Å². The van der Waals surface area contributed by atoms with Gasteiger partial charge in [0, 0.05) is 5.69 Å². The molecule has 0 spiro atoms. The molecule has 3 nitrogen and oxygen atoms in total. The van der Waals surface area contributed by atoms with Gasteiger partial charge in [-0.25, -0.2) is 0 Å². The third-order valence-electron chi connectivity index (χ3n) is 3.63. The van der Waals surface area contributed by atoms with Gasteiger partial charge in [0.2, 0.25) is 0 Å². The van der Waals surface area contributed by atoms with Crippen molar-refractivity contribution < 1.29 is 0 Å². The molecule has 0 unspecified atom stereocenters. The molecule has 1 aliphatic rings. The smallest absolute Gasteiger partial charge is 0.266 e. The number of rotatable bonds is 1. The SMILES string of the molecule is CC[C@H]1CCc2c(c(C)[nH]c(=O)c2C#N)C1. The van der Waals surface area contributed by atoms with Crippen molar-refractivity contribution in [3.63, 3.8) is 0 Å². The molecule has 16 heavy (non-hydrogen) atoms. The first-order valence-corrected chi connectivity index (χ1v) is 5.82. The molecule has 1 N–H and O–H groups in total. The Labute approximate surface area is 95.1 Å². The first-order chi connectivity index (χ1) is 7.67. The number of nitrogens with one attached hydrogen (secondary N) is 1. The molecule has 0 bridgehead atoms. The fourth-order valence-electron chi connectivity index (χ4n) is 2.58. The summed E-state index contributed by atoms with van der Waals surface area (Å²) in [6, 6.07) is 2.04. The Balaban J connectivity index is 2.58. The maximum absolute atomic E-state index is 11.6. The third kappa shape index (κ3) is 1.65.